The Morgan fingerprint density at radius 2 is 1.63 bits per heavy atom. The third-order valence-corrected chi connectivity index (χ3v) is 9.87. The van der Waals surface area contributed by atoms with Crippen molar-refractivity contribution in [3.8, 4) is 11.5 Å². The molecule has 0 unspecified atom stereocenters. The molecule has 0 aliphatic carbocycles. The Morgan fingerprint density at radius 3 is 2.51 bits per heavy atom. The zero-order valence-corrected chi connectivity index (χ0v) is 23.4. The summed E-state index contributed by atoms with van der Waals surface area (Å²) in [5.74, 6) is 0.810. The summed E-state index contributed by atoms with van der Waals surface area (Å²) in [4.78, 5) is 27.2. The Balaban J connectivity index is 1.54. The van der Waals surface area contributed by atoms with E-state index < -0.39 is 5.97 Å². The molecule has 6 heteroatoms. The fraction of sp³-hybridized carbons (Fsp3) is 0.400. The van der Waals surface area contributed by atoms with Crippen LogP contribution in [0.3, 0.4) is 0 Å². The molecule has 0 bridgehead atoms. The molecule has 0 amide bonds. The molecule has 208 valence electrons. The molecule has 0 fully saturated rings. The maximum atomic E-state index is 12.6. The quantitative estimate of drug-likeness (QED) is 0.304. The van der Waals surface area contributed by atoms with E-state index in [9.17, 15) is 14.7 Å². The SMILES string of the molecule is O=Cc1ccc(C(=O)O)c(C2=c3cc4c5c(c3Oc3c2cc2c6c3CCCN6CCCC2)CCC[N+]=5CCCC4)c1. The van der Waals surface area contributed by atoms with Crippen LogP contribution in [-0.2, 0) is 25.7 Å². The highest BCUT2D eigenvalue weighted by atomic mass is 16.5. The minimum atomic E-state index is -0.982. The van der Waals surface area contributed by atoms with Gasteiger partial charge in [0.05, 0.1) is 11.1 Å². The van der Waals surface area contributed by atoms with Gasteiger partial charge in [-0.15, -0.1) is 0 Å². The topological polar surface area (TPSA) is 69.9 Å². The lowest BCUT2D eigenvalue weighted by Crippen LogP contribution is -2.41. The summed E-state index contributed by atoms with van der Waals surface area (Å²) in [7, 11) is 0. The van der Waals surface area contributed by atoms with Gasteiger partial charge in [-0.05, 0) is 86.8 Å². The number of nitrogens with zero attached hydrogens (tertiary/aromatic N) is 2. The lowest BCUT2D eigenvalue weighted by molar-refractivity contribution is 0.0696. The largest absolute Gasteiger partial charge is 0.478 e. The number of anilines is 1. The van der Waals surface area contributed by atoms with Gasteiger partial charge in [0, 0.05) is 64.7 Å². The zero-order valence-electron chi connectivity index (χ0n) is 23.4. The molecule has 5 aliphatic heterocycles. The standard InChI is InChI=1S/C35H34N2O4/c38-20-21-11-12-24(35(39)40)27(17-21)30-28-18-22-7-1-3-13-36-15-5-9-25(31(22)36)33(28)41-34-26-10-6-16-37-14-4-2-8-23(32(26)37)19-29(30)34/h11-12,17-20H,1-10,13-16H2/p+1. The molecular weight excluding hydrogens is 512 g/mol. The van der Waals surface area contributed by atoms with Gasteiger partial charge in [0.15, 0.2) is 0 Å². The van der Waals surface area contributed by atoms with Gasteiger partial charge in [-0.3, -0.25) is 4.79 Å². The molecule has 41 heavy (non-hydrogen) atoms. The molecule has 0 saturated heterocycles. The molecule has 0 atom stereocenters. The average Bonchev–Trinajstić information content (AvgIpc) is 3.34. The second-order valence-electron chi connectivity index (χ2n) is 12.3. The van der Waals surface area contributed by atoms with Crippen LogP contribution < -0.4 is 24.8 Å². The Labute approximate surface area is 239 Å². The van der Waals surface area contributed by atoms with Crippen molar-refractivity contribution in [2.24, 2.45) is 0 Å². The van der Waals surface area contributed by atoms with Crippen molar-refractivity contribution in [1.29, 1.82) is 0 Å². The first kappa shape index (κ1) is 24.8. The number of hydrogen-bond acceptors (Lipinski definition) is 4. The average molecular weight is 548 g/mol. The number of ether oxygens (including phenoxy) is 1. The van der Waals surface area contributed by atoms with Crippen LogP contribution in [0.25, 0.3) is 5.57 Å². The van der Waals surface area contributed by atoms with Crippen LogP contribution in [0.1, 0.15) is 92.6 Å². The number of hydrogen-bond donors (Lipinski definition) is 1. The number of rotatable bonds is 3. The molecule has 0 aromatic heterocycles. The second-order valence-corrected chi connectivity index (χ2v) is 12.3. The molecule has 0 radical (unpaired) electrons. The van der Waals surface area contributed by atoms with Crippen LogP contribution in [0.2, 0.25) is 0 Å². The molecular formula is C35H35N2O4+. The Bertz CT molecular complexity index is 1790. The van der Waals surface area contributed by atoms with Crippen molar-refractivity contribution in [2.45, 2.75) is 64.2 Å². The lowest BCUT2D eigenvalue weighted by Gasteiger charge is -2.35. The normalized spacial score (nSPS) is 18.7. The second kappa shape index (κ2) is 9.57. The van der Waals surface area contributed by atoms with E-state index in [1.807, 2.05) is 0 Å². The van der Waals surface area contributed by atoms with E-state index >= 15 is 0 Å². The number of carboxylic acids is 1. The van der Waals surface area contributed by atoms with Gasteiger partial charge in [0.1, 0.15) is 30.9 Å². The maximum absolute atomic E-state index is 12.6. The summed E-state index contributed by atoms with van der Waals surface area (Å²) in [5.41, 5.74) is 9.76. The number of carbonyl (C=O) groups is 2. The van der Waals surface area contributed by atoms with Crippen LogP contribution in [0.4, 0.5) is 5.69 Å². The Kier molecular flexibility index (Phi) is 5.80. The smallest absolute Gasteiger partial charge is 0.336 e. The summed E-state index contributed by atoms with van der Waals surface area (Å²) in [6.07, 6.45) is 11.5. The van der Waals surface area contributed by atoms with Gasteiger partial charge < -0.3 is 14.7 Å². The minimum absolute atomic E-state index is 0.222. The monoisotopic (exact) mass is 547 g/mol. The number of aromatic carboxylic acids is 1. The lowest BCUT2D eigenvalue weighted by atomic mass is 9.83. The summed E-state index contributed by atoms with van der Waals surface area (Å²) in [6, 6.07) is 9.56. The molecule has 0 saturated carbocycles. The van der Waals surface area contributed by atoms with Crippen molar-refractivity contribution < 1.29 is 19.4 Å². The van der Waals surface area contributed by atoms with Gasteiger partial charge in [-0.25, -0.2) is 9.37 Å². The number of carbonyl (C=O) groups excluding carboxylic acids is 1. The van der Waals surface area contributed by atoms with Gasteiger partial charge >= 0.3 is 5.97 Å². The van der Waals surface area contributed by atoms with Crippen molar-refractivity contribution >= 4 is 23.5 Å². The summed E-state index contributed by atoms with van der Waals surface area (Å²) in [5, 5.41) is 12.7. The Hall–Kier alpha value is -3.93. The van der Waals surface area contributed by atoms with E-state index in [0.29, 0.717) is 11.1 Å². The minimum Gasteiger partial charge on any atom is -0.478 e. The van der Waals surface area contributed by atoms with E-state index in [1.54, 1.807) is 18.2 Å². The van der Waals surface area contributed by atoms with Gasteiger partial charge in [0.2, 0.25) is 5.36 Å². The first-order valence-electron chi connectivity index (χ1n) is 15.4. The van der Waals surface area contributed by atoms with Gasteiger partial charge in [-0.2, -0.15) is 0 Å². The fourth-order valence-corrected chi connectivity index (χ4v) is 8.15. The fourth-order valence-electron chi connectivity index (χ4n) is 8.15. The number of benzene rings is 3. The summed E-state index contributed by atoms with van der Waals surface area (Å²) < 4.78 is 9.67. The molecule has 5 aliphatic rings. The predicted molar refractivity (Wildman–Crippen MR) is 158 cm³/mol. The summed E-state index contributed by atoms with van der Waals surface area (Å²) >= 11 is 0. The van der Waals surface area contributed by atoms with E-state index in [4.69, 9.17) is 4.74 Å². The highest BCUT2D eigenvalue weighted by Gasteiger charge is 2.35. The summed E-state index contributed by atoms with van der Waals surface area (Å²) in [6.45, 7) is 4.29. The molecule has 3 aromatic rings. The number of aldehydes is 1. The van der Waals surface area contributed by atoms with Crippen LogP contribution in [0.5, 0.6) is 11.5 Å². The molecule has 6 nitrogen and oxygen atoms in total. The van der Waals surface area contributed by atoms with Crippen molar-refractivity contribution in [3.63, 3.8) is 0 Å². The molecule has 0 spiro atoms. The Morgan fingerprint density at radius 1 is 0.829 bits per heavy atom. The van der Waals surface area contributed by atoms with E-state index in [0.717, 1.165) is 112 Å². The van der Waals surface area contributed by atoms with Crippen LogP contribution in [0, 0.1) is 0 Å². The third kappa shape index (κ3) is 3.79. The first-order valence-corrected chi connectivity index (χ1v) is 15.4. The van der Waals surface area contributed by atoms with Gasteiger partial charge in [0.25, 0.3) is 0 Å². The van der Waals surface area contributed by atoms with Crippen molar-refractivity contribution in [2.75, 3.05) is 31.1 Å². The highest BCUT2D eigenvalue weighted by molar-refractivity contribution is 6.00. The third-order valence-electron chi connectivity index (χ3n) is 9.87. The number of carboxylic acid groups (broad SMARTS) is 1. The predicted octanol–water partition coefficient (Wildman–Crippen LogP) is 4.41. The first-order chi connectivity index (χ1) is 20.1. The molecule has 5 heterocycles. The highest BCUT2D eigenvalue weighted by Crippen LogP contribution is 2.48. The number of fused-ring (bicyclic) bond motifs is 4. The molecule has 8 rings (SSSR count). The maximum Gasteiger partial charge on any atom is 0.336 e. The van der Waals surface area contributed by atoms with E-state index in [-0.39, 0.29) is 5.56 Å². The zero-order chi connectivity index (χ0) is 27.7. The molecule has 3 aromatic carbocycles. The molecule has 1 N–H and O–H groups in total. The van der Waals surface area contributed by atoms with Crippen molar-refractivity contribution in [1.82, 2.24) is 4.58 Å². The van der Waals surface area contributed by atoms with Crippen LogP contribution in [0.15, 0.2) is 30.3 Å². The van der Waals surface area contributed by atoms with E-state index in [2.05, 4.69) is 21.6 Å². The van der Waals surface area contributed by atoms with E-state index in [1.165, 1.54) is 46.1 Å². The van der Waals surface area contributed by atoms with Crippen molar-refractivity contribution in [3.05, 3.63) is 85.4 Å². The van der Waals surface area contributed by atoms with Gasteiger partial charge in [-0.1, -0.05) is 6.07 Å². The van der Waals surface area contributed by atoms with Crippen LogP contribution in [-0.4, -0.2) is 43.5 Å². The number of aryl methyl sites for hydroxylation is 2. The van der Waals surface area contributed by atoms with Crippen LogP contribution >= 0.6 is 0 Å².